The second kappa shape index (κ2) is 10.3. The Morgan fingerprint density at radius 1 is 1.10 bits per heavy atom. The van der Waals surface area contributed by atoms with Gasteiger partial charge in [0, 0.05) is 0 Å². The van der Waals surface area contributed by atoms with Crippen LogP contribution in [0.15, 0.2) is 36.9 Å². The van der Waals surface area contributed by atoms with Crippen molar-refractivity contribution in [2.75, 3.05) is 26.7 Å². The van der Waals surface area contributed by atoms with E-state index >= 15 is 0 Å². The molecule has 1 aliphatic carbocycles. The molecule has 1 saturated carbocycles. The highest BCUT2D eigenvalue weighted by Gasteiger charge is 2.35. The Labute approximate surface area is 185 Å². The Kier molecular flexibility index (Phi) is 8.59. The molecule has 0 aromatic heterocycles. The third-order valence-electron chi connectivity index (χ3n) is 6.68. The molecule has 1 aromatic carbocycles. The molecule has 1 aromatic rings. The zero-order chi connectivity index (χ0) is 22.4. The van der Waals surface area contributed by atoms with Crippen LogP contribution in [0.25, 0.3) is 0 Å². The van der Waals surface area contributed by atoms with Gasteiger partial charge in [0.05, 0.1) is 19.6 Å². The minimum absolute atomic E-state index is 0.125. The van der Waals surface area contributed by atoms with Gasteiger partial charge >= 0.3 is 0 Å². The molecule has 0 unspecified atom stereocenters. The number of ether oxygens (including phenoxy) is 1. The van der Waals surface area contributed by atoms with Gasteiger partial charge in [0.1, 0.15) is 25.0 Å². The molecule has 3 nitrogen and oxygen atoms in total. The lowest BCUT2D eigenvalue weighted by molar-refractivity contribution is -0.932. The molecular weight excluding hydrogens is 370 g/mol. The van der Waals surface area contributed by atoms with Crippen LogP contribution in [0, 0.1) is 5.41 Å². The van der Waals surface area contributed by atoms with E-state index in [0.29, 0.717) is 19.2 Å². The van der Waals surface area contributed by atoms with Gasteiger partial charge in [-0.25, -0.2) is 0 Å². The first-order valence-electron chi connectivity index (χ1n) is 11.8. The minimum atomic E-state index is -0.478. The quantitative estimate of drug-likeness (QED) is 0.368. The van der Waals surface area contributed by atoms with Crippen LogP contribution < -0.4 is 4.74 Å². The van der Waals surface area contributed by atoms with Crippen molar-refractivity contribution in [2.24, 2.45) is 5.41 Å². The maximum absolute atomic E-state index is 10.7. The number of rotatable bonds is 10. The van der Waals surface area contributed by atoms with Gasteiger partial charge < -0.3 is 14.3 Å². The summed E-state index contributed by atoms with van der Waals surface area (Å²) in [5, 5.41) is 10.7. The zero-order valence-electron chi connectivity index (χ0n) is 20.4. The number of hydrogen-bond acceptors (Lipinski definition) is 2. The van der Waals surface area contributed by atoms with Gasteiger partial charge in [-0.1, -0.05) is 59.8 Å². The van der Waals surface area contributed by atoms with Crippen LogP contribution in [0.4, 0.5) is 0 Å². The summed E-state index contributed by atoms with van der Waals surface area (Å²) in [6.45, 7) is 17.4. The molecule has 1 N–H and O–H groups in total. The van der Waals surface area contributed by atoms with E-state index in [2.05, 4.69) is 60.4 Å². The van der Waals surface area contributed by atoms with E-state index in [0.717, 1.165) is 23.2 Å². The molecule has 0 radical (unpaired) electrons. The SMILES string of the molecule is C=CC[N@@+](C)(C[C@@H](O)COc1ccc(C(C)(C)CC(C)(C)C)cc1)C1CCCCC1. The van der Waals surface area contributed by atoms with E-state index in [-0.39, 0.29) is 10.8 Å². The van der Waals surface area contributed by atoms with Crippen LogP contribution in [0.5, 0.6) is 5.75 Å². The number of benzene rings is 1. The molecule has 30 heavy (non-hydrogen) atoms. The molecule has 0 amide bonds. The van der Waals surface area contributed by atoms with Gasteiger partial charge in [-0.15, -0.1) is 0 Å². The molecular formula is C27H46NO2+. The van der Waals surface area contributed by atoms with Crippen molar-refractivity contribution in [3.8, 4) is 5.75 Å². The summed E-state index contributed by atoms with van der Waals surface area (Å²) in [7, 11) is 2.27. The van der Waals surface area contributed by atoms with Crippen molar-refractivity contribution >= 4 is 0 Å². The van der Waals surface area contributed by atoms with Crippen molar-refractivity contribution in [2.45, 2.75) is 90.7 Å². The van der Waals surface area contributed by atoms with E-state index in [1.165, 1.54) is 37.7 Å². The van der Waals surface area contributed by atoms with Crippen LogP contribution in [-0.2, 0) is 5.41 Å². The van der Waals surface area contributed by atoms with Crippen LogP contribution in [0.2, 0.25) is 0 Å². The monoisotopic (exact) mass is 416 g/mol. The number of likely N-dealkylation sites (N-methyl/N-ethyl adjacent to an activating group) is 1. The first kappa shape index (κ1) is 24.9. The third-order valence-corrected chi connectivity index (χ3v) is 6.68. The molecule has 2 rings (SSSR count). The first-order chi connectivity index (χ1) is 14.0. The van der Waals surface area contributed by atoms with Crippen molar-refractivity contribution < 1.29 is 14.3 Å². The second-order valence-electron chi connectivity index (χ2n) is 11.5. The molecule has 2 atom stereocenters. The minimum Gasteiger partial charge on any atom is -0.491 e. The molecule has 0 bridgehead atoms. The summed E-state index contributed by atoms with van der Waals surface area (Å²) in [5.74, 6) is 0.833. The summed E-state index contributed by atoms with van der Waals surface area (Å²) in [6, 6.07) is 9.06. The van der Waals surface area contributed by atoms with Crippen LogP contribution in [0.3, 0.4) is 0 Å². The Bertz CT molecular complexity index is 652. The number of aliphatic hydroxyl groups is 1. The fourth-order valence-electron chi connectivity index (χ4n) is 5.53. The summed E-state index contributed by atoms with van der Waals surface area (Å²) in [6.07, 6.45) is 9.11. The van der Waals surface area contributed by atoms with Crippen molar-refractivity contribution in [1.82, 2.24) is 0 Å². The Morgan fingerprint density at radius 3 is 2.23 bits per heavy atom. The van der Waals surface area contributed by atoms with E-state index in [9.17, 15) is 5.11 Å². The third kappa shape index (κ3) is 7.42. The Hall–Kier alpha value is -1.32. The average Bonchev–Trinajstić information content (AvgIpc) is 2.66. The first-order valence-corrected chi connectivity index (χ1v) is 11.8. The molecule has 0 heterocycles. The van der Waals surface area contributed by atoms with Gasteiger partial charge in [0.2, 0.25) is 0 Å². The number of nitrogens with zero attached hydrogens (tertiary/aromatic N) is 1. The van der Waals surface area contributed by atoms with E-state index in [4.69, 9.17) is 4.74 Å². The molecule has 0 aliphatic heterocycles. The Morgan fingerprint density at radius 2 is 1.70 bits per heavy atom. The van der Waals surface area contributed by atoms with E-state index in [1.807, 2.05) is 18.2 Å². The highest BCUT2D eigenvalue weighted by Crippen LogP contribution is 2.36. The maximum Gasteiger partial charge on any atom is 0.137 e. The summed E-state index contributed by atoms with van der Waals surface area (Å²) < 4.78 is 6.83. The van der Waals surface area contributed by atoms with Crippen molar-refractivity contribution in [3.05, 3.63) is 42.5 Å². The fourth-order valence-corrected chi connectivity index (χ4v) is 5.53. The van der Waals surface area contributed by atoms with Crippen LogP contribution >= 0.6 is 0 Å². The molecule has 0 spiro atoms. The van der Waals surface area contributed by atoms with Crippen LogP contribution in [0.1, 0.15) is 78.7 Å². The molecule has 1 aliphatic rings. The lowest BCUT2D eigenvalue weighted by atomic mass is 9.72. The van der Waals surface area contributed by atoms with Crippen molar-refractivity contribution in [1.29, 1.82) is 0 Å². The predicted molar refractivity (Wildman–Crippen MR) is 128 cm³/mol. The Balaban J connectivity index is 1.93. The molecule has 3 heteroatoms. The lowest BCUT2D eigenvalue weighted by Gasteiger charge is -2.43. The molecule has 1 fully saturated rings. The van der Waals surface area contributed by atoms with Crippen LogP contribution in [-0.4, -0.2) is 48.5 Å². The number of hydrogen-bond donors (Lipinski definition) is 1. The lowest BCUT2D eigenvalue weighted by Crippen LogP contribution is -2.57. The maximum atomic E-state index is 10.7. The topological polar surface area (TPSA) is 29.5 Å². The van der Waals surface area contributed by atoms with Crippen molar-refractivity contribution in [3.63, 3.8) is 0 Å². The van der Waals surface area contributed by atoms with Gasteiger partial charge in [-0.2, -0.15) is 0 Å². The average molecular weight is 417 g/mol. The van der Waals surface area contributed by atoms with Gasteiger partial charge in [0.25, 0.3) is 0 Å². The highest BCUT2D eigenvalue weighted by molar-refractivity contribution is 5.31. The largest absolute Gasteiger partial charge is 0.491 e. The van der Waals surface area contributed by atoms with Gasteiger partial charge in [0.15, 0.2) is 0 Å². The number of quaternary nitrogens is 1. The fraction of sp³-hybridized carbons (Fsp3) is 0.704. The number of aliphatic hydroxyl groups excluding tert-OH is 1. The smallest absolute Gasteiger partial charge is 0.137 e. The summed E-state index contributed by atoms with van der Waals surface area (Å²) in [5.41, 5.74) is 1.75. The van der Waals surface area contributed by atoms with Gasteiger partial charge in [-0.05, 0) is 66.7 Å². The van der Waals surface area contributed by atoms with E-state index < -0.39 is 6.10 Å². The summed E-state index contributed by atoms with van der Waals surface area (Å²) in [4.78, 5) is 0. The second-order valence-corrected chi connectivity index (χ2v) is 11.5. The molecule has 170 valence electrons. The standard InChI is InChI=1S/C27H46NO2/c1-8-18-28(7,23-12-10-9-11-13-23)19-24(29)20-30-25-16-14-22(15-17-25)27(5,6)21-26(2,3)4/h8,14-17,23-24,29H,1,9-13,18-21H2,2-7H3/q+1/t24-,28+/m1/s1. The summed E-state index contributed by atoms with van der Waals surface area (Å²) >= 11 is 0. The molecule has 0 saturated heterocycles. The van der Waals surface area contributed by atoms with Gasteiger partial charge in [-0.3, -0.25) is 0 Å². The zero-order valence-corrected chi connectivity index (χ0v) is 20.4. The normalized spacial score (nSPS) is 19.2. The highest BCUT2D eigenvalue weighted by atomic mass is 16.5. The predicted octanol–water partition coefficient (Wildman–Crippen LogP) is 6.11. The van der Waals surface area contributed by atoms with E-state index in [1.54, 1.807) is 0 Å².